The Balaban J connectivity index is 2.73. The minimum atomic E-state index is -0.225. The van der Waals surface area contributed by atoms with Crippen LogP contribution in [0.3, 0.4) is 0 Å². The van der Waals surface area contributed by atoms with Gasteiger partial charge in [0.1, 0.15) is 6.54 Å². The Morgan fingerprint density at radius 3 is 2.62 bits per heavy atom. The molecule has 0 unspecified atom stereocenters. The van der Waals surface area contributed by atoms with E-state index in [9.17, 15) is 4.79 Å². The van der Waals surface area contributed by atoms with Gasteiger partial charge in [-0.1, -0.05) is 0 Å². The van der Waals surface area contributed by atoms with E-state index in [2.05, 4.69) is 4.99 Å². The van der Waals surface area contributed by atoms with Crippen LogP contribution in [0.5, 0.6) is 0 Å². The number of nitrogens with zero attached hydrogens (tertiary/aromatic N) is 2. The first kappa shape index (κ1) is 5.08. The molecule has 1 aliphatic heterocycles. The minimum Gasteiger partial charge on any atom is -0.335 e. The van der Waals surface area contributed by atoms with E-state index in [4.69, 9.17) is 5.73 Å². The van der Waals surface area contributed by atoms with Gasteiger partial charge < -0.3 is 4.90 Å². The van der Waals surface area contributed by atoms with E-state index in [0.29, 0.717) is 0 Å². The number of nitrogens with one attached hydrogen (secondary N) is 1. The number of rotatable bonds is 0. The quantitative estimate of drug-likeness (QED) is 0.407. The van der Waals surface area contributed by atoms with Crippen LogP contribution in [0, 0.1) is 0 Å². The van der Waals surface area contributed by atoms with Crippen LogP contribution in [0.2, 0.25) is 0 Å². The smallest absolute Gasteiger partial charge is 0.268 e. The first-order valence-electron chi connectivity index (χ1n) is 2.24. The number of hydrogen-bond acceptors (Lipinski definition) is 2. The zero-order valence-corrected chi connectivity index (χ0v) is 4.51. The van der Waals surface area contributed by atoms with Gasteiger partial charge in [-0.3, -0.25) is 10.5 Å². The largest absolute Gasteiger partial charge is 0.335 e. The van der Waals surface area contributed by atoms with E-state index >= 15 is 0 Å². The fraction of sp³-hybridized carbons (Fsp3) is 0.500. The van der Waals surface area contributed by atoms with Gasteiger partial charge in [0.25, 0.3) is 5.91 Å². The molecule has 1 heterocycles. The Morgan fingerprint density at radius 1 is 1.88 bits per heavy atom. The molecule has 1 aliphatic rings. The Labute approximate surface area is 47.0 Å². The van der Waals surface area contributed by atoms with Crippen LogP contribution in [0.15, 0.2) is 4.99 Å². The van der Waals surface area contributed by atoms with Gasteiger partial charge >= 0.3 is 0 Å². The molecule has 4 heteroatoms. The first-order valence-corrected chi connectivity index (χ1v) is 2.24. The third-order valence-electron chi connectivity index (χ3n) is 0.965. The first-order chi connectivity index (χ1) is 3.70. The molecule has 0 saturated carbocycles. The summed E-state index contributed by atoms with van der Waals surface area (Å²) in [6, 6.07) is 0. The summed E-state index contributed by atoms with van der Waals surface area (Å²) >= 11 is 0. The van der Waals surface area contributed by atoms with Crippen molar-refractivity contribution < 1.29 is 4.79 Å². The summed E-state index contributed by atoms with van der Waals surface area (Å²) in [5.74, 6) is -0.160. The molecule has 0 aromatic rings. The van der Waals surface area contributed by atoms with Crippen molar-refractivity contribution >= 4 is 11.9 Å². The van der Waals surface area contributed by atoms with Gasteiger partial charge in [0.15, 0.2) is 0 Å². The van der Waals surface area contributed by atoms with Gasteiger partial charge in [0, 0.05) is 7.05 Å². The Morgan fingerprint density at radius 2 is 2.50 bits per heavy atom. The lowest BCUT2D eigenvalue weighted by atomic mass is 10.6. The molecule has 43 valence electrons. The van der Waals surface area contributed by atoms with Gasteiger partial charge in [-0.15, -0.1) is 0 Å². The summed E-state index contributed by atoms with van der Waals surface area (Å²) in [6.07, 6.45) is 0. The molecule has 0 bridgehead atoms. The van der Waals surface area contributed by atoms with Crippen molar-refractivity contribution in [2.75, 3.05) is 13.6 Å². The van der Waals surface area contributed by atoms with E-state index in [1.807, 2.05) is 0 Å². The molecule has 0 spiro atoms. The zero-order valence-electron chi connectivity index (χ0n) is 4.51. The van der Waals surface area contributed by atoms with Gasteiger partial charge in [0.2, 0.25) is 5.96 Å². The second kappa shape index (κ2) is 1.47. The summed E-state index contributed by atoms with van der Waals surface area (Å²) in [4.78, 5) is 15.1. The molecule has 0 saturated heterocycles. The van der Waals surface area contributed by atoms with Crippen molar-refractivity contribution in [2.45, 2.75) is 0 Å². The highest BCUT2D eigenvalue weighted by Crippen LogP contribution is 1.94. The SMILES string of the molecule is CN1CC(=O)N=C1[NH]. The molecule has 1 N–H and O–H groups in total. The molecule has 1 rings (SSSR count). The third-order valence-corrected chi connectivity index (χ3v) is 0.965. The number of likely N-dealkylation sites (N-methyl/N-ethyl adjacent to an activating group) is 1. The Kier molecular flexibility index (Phi) is 0.932. The molecule has 0 aromatic carbocycles. The molecule has 0 atom stereocenters. The summed E-state index contributed by atoms with van der Waals surface area (Å²) in [7, 11) is 1.66. The fourth-order valence-electron chi connectivity index (χ4n) is 0.517. The minimum absolute atomic E-state index is 0.0648. The Bertz CT molecular complexity index is 151. The molecule has 8 heavy (non-hydrogen) atoms. The van der Waals surface area contributed by atoms with Crippen LogP contribution in [0.1, 0.15) is 0 Å². The predicted octanol–water partition coefficient (Wildman–Crippen LogP) is -0.903. The average Bonchev–Trinajstić information content (AvgIpc) is 1.85. The maximum Gasteiger partial charge on any atom is 0.268 e. The van der Waals surface area contributed by atoms with Crippen molar-refractivity contribution in [3.8, 4) is 0 Å². The number of carbonyl (C=O) groups excluding carboxylic acids is 1. The average molecular weight is 112 g/mol. The maximum absolute atomic E-state index is 10.3. The van der Waals surface area contributed by atoms with Crippen molar-refractivity contribution in [2.24, 2.45) is 4.99 Å². The highest BCUT2D eigenvalue weighted by molar-refractivity contribution is 5.99. The van der Waals surface area contributed by atoms with Crippen LogP contribution >= 0.6 is 0 Å². The molecule has 0 fully saturated rings. The fourth-order valence-corrected chi connectivity index (χ4v) is 0.517. The number of guanidine groups is 1. The highest BCUT2D eigenvalue weighted by atomic mass is 16.2. The topological polar surface area (TPSA) is 56.5 Å². The molecule has 4 nitrogen and oxygen atoms in total. The van der Waals surface area contributed by atoms with Crippen molar-refractivity contribution in [3.63, 3.8) is 0 Å². The number of hydrogen-bond donors (Lipinski definition) is 0. The molecule has 1 amide bonds. The molecular weight excluding hydrogens is 106 g/mol. The lowest BCUT2D eigenvalue weighted by Crippen LogP contribution is -2.23. The highest BCUT2D eigenvalue weighted by Gasteiger charge is 2.15. The summed E-state index contributed by atoms with van der Waals surface area (Å²) in [5.41, 5.74) is 6.92. The molecular formula is C4H6N3O. The molecule has 1 radical (unpaired) electrons. The van der Waals surface area contributed by atoms with Gasteiger partial charge in [0.05, 0.1) is 0 Å². The third kappa shape index (κ3) is 0.641. The number of carbonyl (C=O) groups is 1. The van der Waals surface area contributed by atoms with E-state index in [1.54, 1.807) is 7.05 Å². The van der Waals surface area contributed by atoms with Crippen LogP contribution in [0.25, 0.3) is 0 Å². The van der Waals surface area contributed by atoms with Gasteiger partial charge in [-0.25, -0.2) is 0 Å². The van der Waals surface area contributed by atoms with Crippen LogP contribution < -0.4 is 5.73 Å². The summed E-state index contributed by atoms with van der Waals surface area (Å²) < 4.78 is 0. The molecule has 0 aliphatic carbocycles. The standard InChI is InChI=1S/C4H6N3O/c1-7-2-3(8)6-4(7)5/h5H,2H2,1H3. The lowest BCUT2D eigenvalue weighted by molar-refractivity contribution is -0.116. The van der Waals surface area contributed by atoms with Gasteiger partial charge in [-0.2, -0.15) is 4.99 Å². The number of amides is 1. The predicted molar refractivity (Wildman–Crippen MR) is 28.2 cm³/mol. The normalized spacial score (nSPS) is 19.4. The lowest BCUT2D eigenvalue weighted by Gasteiger charge is -2.04. The Hall–Kier alpha value is -1.06. The van der Waals surface area contributed by atoms with E-state index < -0.39 is 0 Å². The van der Waals surface area contributed by atoms with E-state index in [1.165, 1.54) is 4.90 Å². The van der Waals surface area contributed by atoms with Crippen LogP contribution in [0.4, 0.5) is 0 Å². The second-order valence-electron chi connectivity index (χ2n) is 1.69. The van der Waals surface area contributed by atoms with Gasteiger partial charge in [-0.05, 0) is 0 Å². The van der Waals surface area contributed by atoms with Crippen LogP contribution in [-0.2, 0) is 4.79 Å². The van der Waals surface area contributed by atoms with Crippen molar-refractivity contribution in [1.82, 2.24) is 10.6 Å². The monoisotopic (exact) mass is 112 g/mol. The molecule has 0 aromatic heterocycles. The summed E-state index contributed by atoms with van der Waals surface area (Å²) in [5, 5.41) is 0. The second-order valence-corrected chi connectivity index (χ2v) is 1.69. The van der Waals surface area contributed by atoms with E-state index in [0.717, 1.165) is 0 Å². The van der Waals surface area contributed by atoms with Crippen molar-refractivity contribution in [3.05, 3.63) is 0 Å². The number of aliphatic imine (C=N–C) groups is 1. The van der Waals surface area contributed by atoms with E-state index in [-0.39, 0.29) is 18.4 Å². The maximum atomic E-state index is 10.3. The zero-order chi connectivity index (χ0) is 6.15. The van der Waals surface area contributed by atoms with Crippen LogP contribution in [-0.4, -0.2) is 30.4 Å². The summed E-state index contributed by atoms with van der Waals surface area (Å²) in [6.45, 7) is 0.263. The van der Waals surface area contributed by atoms with Crippen molar-refractivity contribution in [1.29, 1.82) is 0 Å².